The molecule has 0 atom stereocenters. The Labute approximate surface area is 111 Å². The maximum atomic E-state index is 8.68. The fourth-order valence-electron chi connectivity index (χ4n) is 2.15. The monoisotopic (exact) mass is 249 g/mol. The summed E-state index contributed by atoms with van der Waals surface area (Å²) in [6.45, 7) is 8.89. The lowest BCUT2D eigenvalue weighted by Gasteiger charge is -2.11. The van der Waals surface area contributed by atoms with E-state index in [9.17, 15) is 0 Å². The molecule has 18 heavy (non-hydrogen) atoms. The number of hydrogen-bond donors (Lipinski definition) is 2. The van der Waals surface area contributed by atoms with Crippen molar-refractivity contribution < 1.29 is 5.11 Å². The van der Waals surface area contributed by atoms with Crippen LogP contribution in [0.5, 0.6) is 0 Å². The molecule has 0 unspecified atom stereocenters. The molecular formula is C16H27NO. The van der Waals surface area contributed by atoms with Crippen molar-refractivity contribution in [2.45, 2.75) is 53.0 Å². The van der Waals surface area contributed by atoms with Gasteiger partial charge in [-0.1, -0.05) is 25.0 Å². The highest BCUT2D eigenvalue weighted by Gasteiger charge is 2.01. The number of unbranched alkanes of at least 4 members (excludes halogenated alkanes) is 3. The van der Waals surface area contributed by atoms with Crippen LogP contribution in [0.15, 0.2) is 12.1 Å². The van der Waals surface area contributed by atoms with Crippen LogP contribution in [0.3, 0.4) is 0 Å². The Kier molecular flexibility index (Phi) is 6.99. The molecule has 0 saturated heterocycles. The quantitative estimate of drug-likeness (QED) is 0.693. The van der Waals surface area contributed by atoms with Crippen LogP contribution in [0, 0.1) is 20.8 Å². The Balaban J connectivity index is 2.25. The van der Waals surface area contributed by atoms with E-state index in [0.717, 1.165) is 25.9 Å². The number of aliphatic hydroxyl groups excluding tert-OH is 1. The van der Waals surface area contributed by atoms with Crippen LogP contribution in [0.25, 0.3) is 0 Å². The van der Waals surface area contributed by atoms with Crippen molar-refractivity contribution in [3.63, 3.8) is 0 Å². The average molecular weight is 249 g/mol. The van der Waals surface area contributed by atoms with Crippen molar-refractivity contribution in [3.05, 3.63) is 34.4 Å². The summed E-state index contributed by atoms with van der Waals surface area (Å²) in [4.78, 5) is 0. The first kappa shape index (κ1) is 15.2. The molecule has 0 spiro atoms. The zero-order valence-electron chi connectivity index (χ0n) is 12.1. The van der Waals surface area contributed by atoms with Gasteiger partial charge in [-0.2, -0.15) is 0 Å². The standard InChI is InChI=1S/C16H27NO/c1-13-10-15(3)16(11-14(13)2)12-17-8-6-4-5-7-9-18/h10-11,17-18H,4-9,12H2,1-3H3. The van der Waals surface area contributed by atoms with Crippen molar-refractivity contribution in [1.29, 1.82) is 0 Å². The summed E-state index contributed by atoms with van der Waals surface area (Å²) in [7, 11) is 0. The molecule has 0 bridgehead atoms. The molecular weight excluding hydrogens is 222 g/mol. The van der Waals surface area contributed by atoms with E-state index >= 15 is 0 Å². The zero-order chi connectivity index (χ0) is 13.4. The van der Waals surface area contributed by atoms with Crippen LogP contribution in [0.4, 0.5) is 0 Å². The number of hydrogen-bond acceptors (Lipinski definition) is 2. The lowest BCUT2D eigenvalue weighted by atomic mass is 10.0. The third-order valence-electron chi connectivity index (χ3n) is 3.53. The number of benzene rings is 1. The molecule has 102 valence electrons. The molecule has 1 aromatic carbocycles. The van der Waals surface area contributed by atoms with E-state index in [1.54, 1.807) is 0 Å². The second-order valence-corrected chi connectivity index (χ2v) is 5.18. The predicted molar refractivity (Wildman–Crippen MR) is 77.9 cm³/mol. The summed E-state index contributed by atoms with van der Waals surface area (Å²) in [5, 5.41) is 12.2. The fraction of sp³-hybridized carbons (Fsp3) is 0.625. The summed E-state index contributed by atoms with van der Waals surface area (Å²) < 4.78 is 0. The Hall–Kier alpha value is -0.860. The van der Waals surface area contributed by atoms with Gasteiger partial charge in [-0.05, 0) is 62.4 Å². The maximum absolute atomic E-state index is 8.68. The van der Waals surface area contributed by atoms with Crippen LogP contribution in [0.1, 0.15) is 47.9 Å². The van der Waals surface area contributed by atoms with E-state index in [-0.39, 0.29) is 0 Å². The highest BCUT2D eigenvalue weighted by molar-refractivity contribution is 5.36. The van der Waals surface area contributed by atoms with Gasteiger partial charge in [0.2, 0.25) is 0 Å². The minimum Gasteiger partial charge on any atom is -0.396 e. The van der Waals surface area contributed by atoms with Gasteiger partial charge < -0.3 is 10.4 Å². The first-order valence-corrected chi connectivity index (χ1v) is 7.03. The molecule has 0 fully saturated rings. The molecule has 0 aliphatic heterocycles. The summed E-state index contributed by atoms with van der Waals surface area (Å²) in [5.74, 6) is 0. The second-order valence-electron chi connectivity index (χ2n) is 5.18. The second kappa shape index (κ2) is 8.28. The average Bonchev–Trinajstić information content (AvgIpc) is 2.34. The molecule has 0 amide bonds. The van der Waals surface area contributed by atoms with Crippen LogP contribution in [-0.4, -0.2) is 18.3 Å². The van der Waals surface area contributed by atoms with Crippen LogP contribution in [-0.2, 0) is 6.54 Å². The summed E-state index contributed by atoms with van der Waals surface area (Å²) in [6.07, 6.45) is 4.49. The van der Waals surface area contributed by atoms with Gasteiger partial charge in [0.05, 0.1) is 0 Å². The van der Waals surface area contributed by atoms with Gasteiger partial charge >= 0.3 is 0 Å². The minimum atomic E-state index is 0.329. The number of aliphatic hydroxyl groups is 1. The molecule has 0 aliphatic rings. The van der Waals surface area contributed by atoms with E-state index in [1.807, 2.05) is 0 Å². The lowest BCUT2D eigenvalue weighted by Crippen LogP contribution is -2.15. The van der Waals surface area contributed by atoms with Gasteiger partial charge in [-0.25, -0.2) is 0 Å². The molecule has 1 aromatic rings. The van der Waals surface area contributed by atoms with E-state index in [2.05, 4.69) is 38.2 Å². The molecule has 0 aromatic heterocycles. The van der Waals surface area contributed by atoms with Crippen molar-refractivity contribution in [2.24, 2.45) is 0 Å². The van der Waals surface area contributed by atoms with Crippen LogP contribution < -0.4 is 5.32 Å². The smallest absolute Gasteiger partial charge is 0.0431 e. The van der Waals surface area contributed by atoms with Crippen molar-refractivity contribution in [1.82, 2.24) is 5.32 Å². The van der Waals surface area contributed by atoms with Crippen molar-refractivity contribution in [3.8, 4) is 0 Å². The molecule has 2 N–H and O–H groups in total. The SMILES string of the molecule is Cc1cc(C)c(CNCCCCCCO)cc1C. The molecule has 0 radical (unpaired) electrons. The number of rotatable bonds is 8. The third kappa shape index (κ3) is 5.19. The Bertz CT molecular complexity index is 360. The molecule has 2 heteroatoms. The predicted octanol–water partition coefficient (Wildman–Crippen LogP) is 3.25. The van der Waals surface area contributed by atoms with E-state index in [0.29, 0.717) is 6.61 Å². The van der Waals surface area contributed by atoms with Gasteiger partial charge in [0, 0.05) is 13.2 Å². The van der Waals surface area contributed by atoms with Gasteiger partial charge in [-0.15, -0.1) is 0 Å². The van der Waals surface area contributed by atoms with Crippen LogP contribution >= 0.6 is 0 Å². The fourth-order valence-corrected chi connectivity index (χ4v) is 2.15. The van der Waals surface area contributed by atoms with Gasteiger partial charge in [0.15, 0.2) is 0 Å². The summed E-state index contributed by atoms with van der Waals surface area (Å²) in [5.41, 5.74) is 5.54. The molecule has 0 saturated carbocycles. The van der Waals surface area contributed by atoms with E-state index in [4.69, 9.17) is 5.11 Å². The molecule has 0 aliphatic carbocycles. The highest BCUT2D eigenvalue weighted by atomic mass is 16.2. The molecule has 0 heterocycles. The van der Waals surface area contributed by atoms with Gasteiger partial charge in [0.1, 0.15) is 0 Å². The molecule has 2 nitrogen and oxygen atoms in total. The van der Waals surface area contributed by atoms with Gasteiger partial charge in [0.25, 0.3) is 0 Å². The largest absolute Gasteiger partial charge is 0.396 e. The summed E-state index contributed by atoms with van der Waals surface area (Å²) in [6, 6.07) is 4.57. The number of nitrogens with one attached hydrogen (secondary N) is 1. The third-order valence-corrected chi connectivity index (χ3v) is 3.53. The zero-order valence-corrected chi connectivity index (χ0v) is 12.1. The molecule has 1 rings (SSSR count). The lowest BCUT2D eigenvalue weighted by molar-refractivity contribution is 0.282. The first-order chi connectivity index (χ1) is 8.65. The maximum Gasteiger partial charge on any atom is 0.0431 e. The Morgan fingerprint density at radius 2 is 1.56 bits per heavy atom. The topological polar surface area (TPSA) is 32.3 Å². The first-order valence-electron chi connectivity index (χ1n) is 7.03. The number of aryl methyl sites for hydroxylation is 3. The summed E-state index contributed by atoms with van der Waals surface area (Å²) >= 11 is 0. The van der Waals surface area contributed by atoms with Gasteiger partial charge in [-0.3, -0.25) is 0 Å². The highest BCUT2D eigenvalue weighted by Crippen LogP contribution is 2.15. The van der Waals surface area contributed by atoms with Crippen molar-refractivity contribution in [2.75, 3.05) is 13.2 Å². The Morgan fingerprint density at radius 3 is 2.28 bits per heavy atom. The Morgan fingerprint density at radius 1 is 0.889 bits per heavy atom. The van der Waals surface area contributed by atoms with E-state index < -0.39 is 0 Å². The minimum absolute atomic E-state index is 0.329. The van der Waals surface area contributed by atoms with Crippen molar-refractivity contribution >= 4 is 0 Å². The van der Waals surface area contributed by atoms with Crippen LogP contribution in [0.2, 0.25) is 0 Å². The van der Waals surface area contributed by atoms with E-state index in [1.165, 1.54) is 35.1 Å². The normalized spacial score (nSPS) is 10.9.